The molecule has 0 bridgehead atoms. The molecule has 2 amide bonds. The van der Waals surface area contributed by atoms with Crippen LogP contribution < -0.4 is 5.32 Å². The zero-order chi connectivity index (χ0) is 26.3. The highest BCUT2D eigenvalue weighted by atomic mass is 16.5. The zero-order valence-electron chi connectivity index (χ0n) is 22.3. The lowest BCUT2D eigenvalue weighted by atomic mass is 9.90. The van der Waals surface area contributed by atoms with Crippen molar-refractivity contribution in [2.75, 3.05) is 45.9 Å². The first-order chi connectivity index (χ1) is 17.1. The van der Waals surface area contributed by atoms with Crippen molar-refractivity contribution < 1.29 is 28.7 Å². The number of piperazine rings is 1. The van der Waals surface area contributed by atoms with E-state index in [1.54, 1.807) is 4.90 Å². The highest BCUT2D eigenvalue weighted by molar-refractivity contribution is 5.85. The smallest absolute Gasteiger partial charge is 0.407 e. The fourth-order valence-electron chi connectivity index (χ4n) is 5.21. The molecule has 0 aromatic carbocycles. The monoisotopic (exact) mass is 505 g/mol. The zero-order valence-corrected chi connectivity index (χ0v) is 22.3. The van der Waals surface area contributed by atoms with Crippen molar-refractivity contribution in [1.82, 2.24) is 15.1 Å². The Morgan fingerprint density at radius 3 is 2.25 bits per heavy atom. The quantitative estimate of drug-likeness (QED) is 0.379. The standard InChI is InChI=1S/C27H43N3O6/c1-19(31)35-17-20-15-30(14-13-29(20)16-24(32)27(2,3)4)25(33)11-12-28-26(34)36-18-23-21-9-7-5-6-8-10-22(21)23/h5-6,20-23H,7-18H2,1-4H3,(H,28,34)/b6-5+. The van der Waals surface area contributed by atoms with Crippen molar-refractivity contribution >= 4 is 23.8 Å². The first-order valence-corrected chi connectivity index (χ1v) is 13.3. The van der Waals surface area contributed by atoms with E-state index in [0.717, 1.165) is 12.8 Å². The van der Waals surface area contributed by atoms with E-state index in [0.29, 0.717) is 44.0 Å². The van der Waals surface area contributed by atoms with Crippen LogP contribution in [0.15, 0.2) is 12.2 Å². The van der Waals surface area contributed by atoms with Crippen molar-refractivity contribution in [2.24, 2.45) is 23.2 Å². The van der Waals surface area contributed by atoms with E-state index >= 15 is 0 Å². The molecular weight excluding hydrogens is 462 g/mol. The number of hydrogen-bond donors (Lipinski definition) is 1. The van der Waals surface area contributed by atoms with Gasteiger partial charge in [0.2, 0.25) is 5.91 Å². The molecule has 3 aliphatic rings. The van der Waals surface area contributed by atoms with Crippen LogP contribution in [-0.4, -0.2) is 85.5 Å². The Hall–Kier alpha value is -2.42. The van der Waals surface area contributed by atoms with Gasteiger partial charge in [-0.05, 0) is 43.4 Å². The largest absolute Gasteiger partial charge is 0.464 e. The Labute approximate surface area is 214 Å². The molecule has 2 fully saturated rings. The highest BCUT2D eigenvalue weighted by Gasteiger charge is 2.49. The van der Waals surface area contributed by atoms with Gasteiger partial charge in [0.15, 0.2) is 5.78 Å². The van der Waals surface area contributed by atoms with Crippen LogP contribution in [-0.2, 0) is 23.9 Å². The molecule has 36 heavy (non-hydrogen) atoms. The molecule has 1 aliphatic heterocycles. The summed E-state index contributed by atoms with van der Waals surface area (Å²) in [5.41, 5.74) is -0.466. The summed E-state index contributed by atoms with van der Waals surface area (Å²) < 4.78 is 10.6. The molecule has 1 saturated carbocycles. The number of carbonyl (C=O) groups is 4. The number of amides is 2. The molecule has 0 spiro atoms. The van der Waals surface area contributed by atoms with Gasteiger partial charge in [-0.15, -0.1) is 0 Å². The molecule has 0 aromatic heterocycles. The number of Topliss-reactive ketones (excluding diaryl/α,β-unsaturated/α-hetero) is 1. The van der Waals surface area contributed by atoms with Crippen LogP contribution >= 0.6 is 0 Å². The summed E-state index contributed by atoms with van der Waals surface area (Å²) in [5, 5.41) is 2.70. The molecule has 0 aromatic rings. The molecular formula is C27H43N3O6. The number of allylic oxidation sites excluding steroid dienone is 2. The van der Waals surface area contributed by atoms with Crippen molar-refractivity contribution in [3.63, 3.8) is 0 Å². The number of nitrogens with one attached hydrogen (secondary N) is 1. The van der Waals surface area contributed by atoms with Crippen LogP contribution in [0, 0.1) is 23.2 Å². The lowest BCUT2D eigenvalue weighted by molar-refractivity contribution is -0.145. The predicted octanol–water partition coefficient (Wildman–Crippen LogP) is 2.79. The third-order valence-corrected chi connectivity index (χ3v) is 7.64. The Morgan fingerprint density at radius 2 is 1.64 bits per heavy atom. The Kier molecular flexibility index (Phi) is 9.93. The Balaban J connectivity index is 1.39. The Morgan fingerprint density at radius 1 is 0.972 bits per heavy atom. The van der Waals surface area contributed by atoms with Gasteiger partial charge in [-0.2, -0.15) is 0 Å². The number of rotatable bonds is 9. The molecule has 3 atom stereocenters. The summed E-state index contributed by atoms with van der Waals surface area (Å²) in [4.78, 5) is 52.6. The van der Waals surface area contributed by atoms with E-state index in [1.807, 2.05) is 25.7 Å². The summed E-state index contributed by atoms with van der Waals surface area (Å²) in [6.45, 7) is 9.39. The van der Waals surface area contributed by atoms with Gasteiger partial charge < -0.3 is 19.7 Å². The molecule has 1 saturated heterocycles. The minimum absolute atomic E-state index is 0.0851. The second-order valence-electron chi connectivity index (χ2n) is 11.3. The second kappa shape index (κ2) is 12.7. The molecule has 0 radical (unpaired) electrons. The van der Waals surface area contributed by atoms with Gasteiger partial charge in [0, 0.05) is 44.9 Å². The van der Waals surface area contributed by atoms with E-state index in [9.17, 15) is 19.2 Å². The molecule has 9 nitrogen and oxygen atoms in total. The number of ether oxygens (including phenoxy) is 2. The number of hydrogen-bond acceptors (Lipinski definition) is 7. The Bertz CT molecular complexity index is 820. The predicted molar refractivity (Wildman–Crippen MR) is 135 cm³/mol. The van der Waals surface area contributed by atoms with Gasteiger partial charge >= 0.3 is 12.1 Å². The molecule has 1 heterocycles. The third-order valence-electron chi connectivity index (χ3n) is 7.64. The summed E-state index contributed by atoms with van der Waals surface area (Å²) in [6.07, 6.45) is 8.74. The summed E-state index contributed by atoms with van der Waals surface area (Å²) in [6, 6.07) is -0.249. The number of alkyl carbamates (subject to hydrolysis) is 1. The van der Waals surface area contributed by atoms with Crippen LogP contribution in [0.4, 0.5) is 4.79 Å². The van der Waals surface area contributed by atoms with Crippen LogP contribution in [0.1, 0.15) is 59.8 Å². The van der Waals surface area contributed by atoms with Gasteiger partial charge in [0.1, 0.15) is 6.61 Å². The van der Waals surface area contributed by atoms with Crippen LogP contribution in [0.25, 0.3) is 0 Å². The number of ketones is 1. The second-order valence-corrected chi connectivity index (χ2v) is 11.3. The topological polar surface area (TPSA) is 105 Å². The van der Waals surface area contributed by atoms with Crippen molar-refractivity contribution in [3.8, 4) is 0 Å². The number of nitrogens with zero attached hydrogens (tertiary/aromatic N) is 2. The van der Waals surface area contributed by atoms with E-state index < -0.39 is 17.5 Å². The molecule has 9 heteroatoms. The van der Waals surface area contributed by atoms with E-state index in [4.69, 9.17) is 9.47 Å². The molecule has 1 N–H and O–H groups in total. The molecule has 202 valence electrons. The first kappa shape index (κ1) is 28.2. The van der Waals surface area contributed by atoms with Crippen molar-refractivity contribution in [3.05, 3.63) is 12.2 Å². The highest BCUT2D eigenvalue weighted by Crippen LogP contribution is 2.52. The summed E-state index contributed by atoms with van der Waals surface area (Å²) >= 11 is 0. The maximum atomic E-state index is 12.8. The van der Waals surface area contributed by atoms with E-state index in [2.05, 4.69) is 17.5 Å². The average Bonchev–Trinajstić information content (AvgIpc) is 3.44. The number of fused-ring (bicyclic) bond motifs is 1. The third kappa shape index (κ3) is 8.32. The van der Waals surface area contributed by atoms with Gasteiger partial charge in [-0.25, -0.2) is 4.79 Å². The van der Waals surface area contributed by atoms with Gasteiger partial charge in [-0.3, -0.25) is 19.3 Å². The van der Waals surface area contributed by atoms with Crippen molar-refractivity contribution in [1.29, 1.82) is 0 Å². The first-order valence-electron chi connectivity index (χ1n) is 13.3. The average molecular weight is 506 g/mol. The maximum Gasteiger partial charge on any atom is 0.407 e. The van der Waals surface area contributed by atoms with Crippen molar-refractivity contribution in [2.45, 2.75) is 65.8 Å². The maximum absolute atomic E-state index is 12.8. The van der Waals surface area contributed by atoms with Crippen LogP contribution in [0.5, 0.6) is 0 Å². The summed E-state index contributed by atoms with van der Waals surface area (Å²) in [5.74, 6) is 1.43. The normalized spacial score (nSPS) is 27.2. The summed E-state index contributed by atoms with van der Waals surface area (Å²) in [7, 11) is 0. The van der Waals surface area contributed by atoms with Gasteiger partial charge in [-0.1, -0.05) is 32.9 Å². The molecule has 3 unspecified atom stereocenters. The van der Waals surface area contributed by atoms with E-state index in [1.165, 1.54) is 19.8 Å². The van der Waals surface area contributed by atoms with Gasteiger partial charge in [0.05, 0.1) is 19.2 Å². The van der Waals surface area contributed by atoms with Crippen LogP contribution in [0.2, 0.25) is 0 Å². The molecule has 2 aliphatic carbocycles. The van der Waals surface area contributed by atoms with Gasteiger partial charge in [0.25, 0.3) is 0 Å². The fraction of sp³-hybridized carbons (Fsp3) is 0.778. The number of esters is 1. The van der Waals surface area contributed by atoms with Crippen LogP contribution in [0.3, 0.4) is 0 Å². The number of carbonyl (C=O) groups excluding carboxylic acids is 4. The fourth-order valence-corrected chi connectivity index (χ4v) is 5.21. The van der Waals surface area contributed by atoms with E-state index in [-0.39, 0.29) is 43.8 Å². The minimum atomic E-state index is -0.474. The minimum Gasteiger partial charge on any atom is -0.464 e. The molecule has 3 rings (SSSR count). The lowest BCUT2D eigenvalue weighted by Crippen LogP contribution is -2.58. The SMILES string of the molecule is CC(=O)OCC1CN(C(=O)CCNC(=O)OCC2C3CC/C=C/CCC32)CCN1CC(=O)C(C)(C)C. The lowest BCUT2D eigenvalue weighted by Gasteiger charge is -2.41.